The van der Waals surface area contributed by atoms with Gasteiger partial charge < -0.3 is 5.73 Å². The van der Waals surface area contributed by atoms with E-state index in [0.29, 0.717) is 0 Å². The molecule has 102 valence electrons. The smallest absolute Gasteiger partial charge is 0.180 e. The maximum atomic E-state index is 12.3. The van der Waals surface area contributed by atoms with E-state index in [0.717, 1.165) is 25.7 Å². The Labute approximate surface area is 110 Å². The zero-order valence-electron chi connectivity index (χ0n) is 11.1. The lowest BCUT2D eigenvalue weighted by atomic mass is 10.0. The molecule has 0 radical (unpaired) electrons. The summed E-state index contributed by atoms with van der Waals surface area (Å²) in [7, 11) is -3.30. The summed E-state index contributed by atoms with van der Waals surface area (Å²) in [4.78, 5) is 4.03. The van der Waals surface area contributed by atoms with Gasteiger partial charge in [-0.1, -0.05) is 33.1 Å². The molecular weight excluding hydrogens is 248 g/mol. The van der Waals surface area contributed by atoms with Gasteiger partial charge in [0.05, 0.1) is 22.5 Å². The molecule has 5 heteroatoms. The van der Waals surface area contributed by atoms with Crippen molar-refractivity contribution in [2.45, 2.75) is 44.4 Å². The van der Waals surface area contributed by atoms with E-state index >= 15 is 0 Å². The van der Waals surface area contributed by atoms with Crippen LogP contribution in [0.1, 0.15) is 39.5 Å². The average molecular weight is 270 g/mol. The van der Waals surface area contributed by atoms with E-state index in [1.54, 1.807) is 0 Å². The predicted molar refractivity (Wildman–Crippen MR) is 74.0 cm³/mol. The van der Waals surface area contributed by atoms with Crippen molar-refractivity contribution in [3.05, 3.63) is 18.5 Å². The van der Waals surface area contributed by atoms with E-state index in [1.165, 1.54) is 18.5 Å². The number of aromatic nitrogens is 1. The quantitative estimate of drug-likeness (QED) is 0.826. The van der Waals surface area contributed by atoms with Gasteiger partial charge in [-0.15, -0.1) is 0 Å². The number of pyridine rings is 1. The molecule has 1 rings (SSSR count). The van der Waals surface area contributed by atoms with Gasteiger partial charge in [-0.2, -0.15) is 0 Å². The molecule has 0 aliphatic carbocycles. The summed E-state index contributed by atoms with van der Waals surface area (Å²) in [6, 6.07) is 1.48. The summed E-state index contributed by atoms with van der Waals surface area (Å²) in [5.41, 5.74) is 5.92. The number of nitrogen functional groups attached to an aromatic ring is 1. The van der Waals surface area contributed by atoms with Crippen LogP contribution in [0.4, 0.5) is 5.69 Å². The van der Waals surface area contributed by atoms with Crippen LogP contribution in [0, 0.1) is 5.92 Å². The van der Waals surface area contributed by atoms with Crippen LogP contribution < -0.4 is 5.73 Å². The van der Waals surface area contributed by atoms with Crippen LogP contribution in [-0.4, -0.2) is 19.2 Å². The molecule has 1 unspecified atom stereocenters. The van der Waals surface area contributed by atoms with E-state index in [1.807, 2.05) is 6.92 Å². The molecule has 0 aliphatic heterocycles. The molecule has 1 aromatic heterocycles. The fraction of sp³-hybridized carbons (Fsp3) is 0.615. The first-order valence-corrected chi connectivity index (χ1v) is 8.08. The van der Waals surface area contributed by atoms with Gasteiger partial charge in [-0.25, -0.2) is 8.42 Å². The third-order valence-electron chi connectivity index (χ3n) is 3.14. The molecule has 0 fully saturated rings. The molecule has 0 amide bonds. The van der Waals surface area contributed by atoms with Crippen LogP contribution in [0.3, 0.4) is 0 Å². The van der Waals surface area contributed by atoms with Crippen LogP contribution in [0.2, 0.25) is 0 Å². The first-order valence-electron chi connectivity index (χ1n) is 6.43. The maximum absolute atomic E-state index is 12.3. The van der Waals surface area contributed by atoms with Gasteiger partial charge in [0.15, 0.2) is 9.84 Å². The Balaban J connectivity index is 2.84. The molecule has 2 N–H and O–H groups in total. The fourth-order valence-corrected chi connectivity index (χ4v) is 3.86. The van der Waals surface area contributed by atoms with E-state index in [2.05, 4.69) is 11.9 Å². The maximum Gasteiger partial charge on any atom is 0.180 e. The number of sulfone groups is 1. The number of unbranched alkanes of at least 4 members (excludes halogenated alkanes) is 1. The second-order valence-corrected chi connectivity index (χ2v) is 6.61. The highest BCUT2D eigenvalue weighted by atomic mass is 32.2. The summed E-state index contributed by atoms with van der Waals surface area (Å²) < 4.78 is 24.6. The molecule has 0 spiro atoms. The number of anilines is 1. The molecule has 1 aromatic rings. The number of hydrogen-bond acceptors (Lipinski definition) is 4. The van der Waals surface area contributed by atoms with Crippen molar-refractivity contribution < 1.29 is 8.42 Å². The van der Waals surface area contributed by atoms with Crippen molar-refractivity contribution in [2.24, 2.45) is 5.92 Å². The SMILES string of the molecule is CCCCC(CC)CS(=O)(=O)c1ccncc1N. The third kappa shape index (κ3) is 3.98. The summed E-state index contributed by atoms with van der Waals surface area (Å²) in [6.07, 6.45) is 6.85. The number of nitrogens with two attached hydrogens (primary N) is 1. The van der Waals surface area contributed by atoms with Crippen molar-refractivity contribution >= 4 is 15.5 Å². The summed E-state index contributed by atoms with van der Waals surface area (Å²) in [5.74, 6) is 0.389. The Morgan fingerprint density at radius 1 is 1.39 bits per heavy atom. The Bertz CT molecular complexity index is 472. The Morgan fingerprint density at radius 2 is 2.11 bits per heavy atom. The number of nitrogens with zero attached hydrogens (tertiary/aromatic N) is 1. The van der Waals surface area contributed by atoms with Crippen molar-refractivity contribution in [2.75, 3.05) is 11.5 Å². The van der Waals surface area contributed by atoms with Gasteiger partial charge in [-0.05, 0) is 18.4 Å². The summed E-state index contributed by atoms with van der Waals surface area (Å²) in [5, 5.41) is 0. The molecule has 1 heterocycles. The van der Waals surface area contributed by atoms with E-state index in [9.17, 15) is 8.42 Å². The number of hydrogen-bond donors (Lipinski definition) is 1. The number of rotatable bonds is 7. The predicted octanol–water partition coefficient (Wildman–Crippen LogP) is 2.65. The van der Waals surface area contributed by atoms with Gasteiger partial charge in [0.1, 0.15) is 0 Å². The normalized spacial score (nSPS) is 13.4. The third-order valence-corrected chi connectivity index (χ3v) is 5.10. The molecule has 18 heavy (non-hydrogen) atoms. The minimum atomic E-state index is -3.30. The second kappa shape index (κ2) is 6.73. The van der Waals surface area contributed by atoms with Crippen molar-refractivity contribution in [1.82, 2.24) is 4.98 Å². The molecule has 0 aliphatic rings. The van der Waals surface area contributed by atoms with Crippen molar-refractivity contribution in [3.63, 3.8) is 0 Å². The molecule has 0 saturated heterocycles. The van der Waals surface area contributed by atoms with Crippen molar-refractivity contribution in [3.8, 4) is 0 Å². The molecule has 0 bridgehead atoms. The monoisotopic (exact) mass is 270 g/mol. The molecule has 1 atom stereocenters. The minimum Gasteiger partial charge on any atom is -0.396 e. The average Bonchev–Trinajstić information content (AvgIpc) is 2.34. The van der Waals surface area contributed by atoms with Crippen LogP contribution in [0.25, 0.3) is 0 Å². The van der Waals surface area contributed by atoms with Gasteiger partial charge in [0.2, 0.25) is 0 Å². The first kappa shape index (κ1) is 15.0. The lowest BCUT2D eigenvalue weighted by molar-refractivity contribution is 0.483. The van der Waals surface area contributed by atoms with E-state index in [-0.39, 0.29) is 22.3 Å². The lowest BCUT2D eigenvalue weighted by Crippen LogP contribution is -2.17. The fourth-order valence-electron chi connectivity index (χ4n) is 1.98. The van der Waals surface area contributed by atoms with E-state index in [4.69, 9.17) is 5.73 Å². The largest absolute Gasteiger partial charge is 0.396 e. The van der Waals surface area contributed by atoms with Gasteiger partial charge >= 0.3 is 0 Å². The van der Waals surface area contributed by atoms with Gasteiger partial charge in [-0.3, -0.25) is 4.98 Å². The molecule has 0 saturated carbocycles. The highest BCUT2D eigenvalue weighted by Crippen LogP contribution is 2.23. The Kier molecular flexibility index (Phi) is 5.59. The topological polar surface area (TPSA) is 73.0 Å². The lowest BCUT2D eigenvalue weighted by Gasteiger charge is -2.15. The Morgan fingerprint density at radius 3 is 2.67 bits per heavy atom. The highest BCUT2D eigenvalue weighted by Gasteiger charge is 2.22. The van der Waals surface area contributed by atoms with E-state index < -0.39 is 9.84 Å². The first-order chi connectivity index (χ1) is 8.51. The molecule has 4 nitrogen and oxygen atoms in total. The summed E-state index contributed by atoms with van der Waals surface area (Å²) in [6.45, 7) is 4.15. The van der Waals surface area contributed by atoms with Crippen LogP contribution in [0.15, 0.2) is 23.4 Å². The Hall–Kier alpha value is -1.10. The highest BCUT2D eigenvalue weighted by molar-refractivity contribution is 7.91. The zero-order valence-corrected chi connectivity index (χ0v) is 11.9. The van der Waals surface area contributed by atoms with Gasteiger partial charge in [0.25, 0.3) is 0 Å². The van der Waals surface area contributed by atoms with Crippen molar-refractivity contribution in [1.29, 1.82) is 0 Å². The molecule has 0 aromatic carbocycles. The van der Waals surface area contributed by atoms with Crippen LogP contribution in [-0.2, 0) is 9.84 Å². The summed E-state index contributed by atoms with van der Waals surface area (Å²) >= 11 is 0. The van der Waals surface area contributed by atoms with Crippen LogP contribution in [0.5, 0.6) is 0 Å². The van der Waals surface area contributed by atoms with Gasteiger partial charge in [0, 0.05) is 6.20 Å². The standard InChI is InChI=1S/C13H22N2O2S/c1-3-5-6-11(4-2)10-18(16,17)13-7-8-15-9-12(13)14/h7-9,11H,3-6,10,14H2,1-2H3. The minimum absolute atomic E-state index is 0.178. The zero-order chi connectivity index (χ0) is 13.6. The second-order valence-electron chi connectivity index (χ2n) is 4.61. The molecular formula is C13H22N2O2S. The van der Waals surface area contributed by atoms with Crippen LogP contribution >= 0.6 is 0 Å².